The molecule has 2 rings (SSSR count). The van der Waals surface area contributed by atoms with Crippen LogP contribution >= 0.6 is 0 Å². The van der Waals surface area contributed by atoms with Crippen molar-refractivity contribution in [3.8, 4) is 0 Å². The molecule has 8 nitrogen and oxygen atoms in total. The van der Waals surface area contributed by atoms with Gasteiger partial charge in [-0.2, -0.15) is 0 Å². The van der Waals surface area contributed by atoms with Crippen LogP contribution in [-0.4, -0.2) is 87.2 Å². The molecule has 1 atom stereocenters. The lowest BCUT2D eigenvalue weighted by atomic mass is 10.2. The van der Waals surface area contributed by atoms with Crippen molar-refractivity contribution in [2.75, 3.05) is 53.5 Å². The maximum absolute atomic E-state index is 12.3. The molecule has 0 bridgehead atoms. The molecule has 0 aromatic rings. The van der Waals surface area contributed by atoms with Crippen LogP contribution in [0.4, 0.5) is 0 Å². The summed E-state index contributed by atoms with van der Waals surface area (Å²) in [5, 5.41) is 3.15. The lowest BCUT2D eigenvalue weighted by Crippen LogP contribution is -2.55. The Morgan fingerprint density at radius 3 is 2.52 bits per heavy atom. The Kier molecular flexibility index (Phi) is 6.64. The first-order chi connectivity index (χ1) is 11.2. The second kappa shape index (κ2) is 8.71. The standard InChI is InChI=1S/C15H26N4O4/c1-16-15(17-6-5-13(20)22-2)19-9-7-18(8-10-19)14(21)12-4-3-11-23-12/h12H,3-11H2,1-2H3,(H,16,17). The van der Waals surface area contributed by atoms with Crippen LogP contribution in [0.1, 0.15) is 19.3 Å². The van der Waals surface area contributed by atoms with E-state index in [0.717, 1.165) is 31.9 Å². The normalized spacial score (nSPS) is 22.2. The van der Waals surface area contributed by atoms with Crippen LogP contribution in [0, 0.1) is 0 Å². The fourth-order valence-corrected chi connectivity index (χ4v) is 2.83. The van der Waals surface area contributed by atoms with Gasteiger partial charge >= 0.3 is 5.97 Å². The van der Waals surface area contributed by atoms with E-state index in [-0.39, 0.29) is 18.0 Å². The number of amides is 1. The van der Waals surface area contributed by atoms with Crippen LogP contribution in [0.3, 0.4) is 0 Å². The Morgan fingerprint density at radius 2 is 1.96 bits per heavy atom. The zero-order valence-electron chi connectivity index (χ0n) is 13.9. The Hall–Kier alpha value is -1.83. The molecule has 1 N–H and O–H groups in total. The highest BCUT2D eigenvalue weighted by Crippen LogP contribution is 2.16. The average molecular weight is 326 g/mol. The maximum Gasteiger partial charge on any atom is 0.307 e. The third kappa shape index (κ3) is 4.82. The van der Waals surface area contributed by atoms with Gasteiger partial charge in [0.1, 0.15) is 6.10 Å². The third-order valence-corrected chi connectivity index (χ3v) is 4.15. The molecule has 0 spiro atoms. The minimum absolute atomic E-state index is 0.107. The highest BCUT2D eigenvalue weighted by Gasteiger charge is 2.30. The highest BCUT2D eigenvalue weighted by molar-refractivity contribution is 5.83. The summed E-state index contributed by atoms with van der Waals surface area (Å²) in [6, 6.07) is 0. The van der Waals surface area contributed by atoms with Crippen LogP contribution in [0.15, 0.2) is 4.99 Å². The fraction of sp³-hybridized carbons (Fsp3) is 0.800. The number of rotatable bonds is 4. The van der Waals surface area contributed by atoms with Gasteiger partial charge in [-0.25, -0.2) is 0 Å². The lowest BCUT2D eigenvalue weighted by molar-refractivity contribution is -0.142. The third-order valence-electron chi connectivity index (χ3n) is 4.15. The number of ether oxygens (including phenoxy) is 2. The molecular weight excluding hydrogens is 300 g/mol. The van der Waals surface area contributed by atoms with E-state index in [1.165, 1.54) is 7.11 Å². The van der Waals surface area contributed by atoms with Crippen molar-refractivity contribution in [3.05, 3.63) is 0 Å². The van der Waals surface area contributed by atoms with Gasteiger partial charge in [-0.3, -0.25) is 14.6 Å². The van der Waals surface area contributed by atoms with E-state index < -0.39 is 0 Å². The SMILES string of the molecule is CN=C(NCCC(=O)OC)N1CCN(C(=O)C2CCCO2)CC1. The van der Waals surface area contributed by atoms with Gasteiger partial charge < -0.3 is 24.6 Å². The largest absolute Gasteiger partial charge is 0.469 e. The molecule has 8 heteroatoms. The van der Waals surface area contributed by atoms with Gasteiger partial charge in [0.25, 0.3) is 5.91 Å². The summed E-state index contributed by atoms with van der Waals surface area (Å²) in [5.74, 6) is 0.605. The number of esters is 1. The molecule has 0 radical (unpaired) electrons. The summed E-state index contributed by atoms with van der Waals surface area (Å²) >= 11 is 0. The molecular formula is C15H26N4O4. The summed E-state index contributed by atoms with van der Waals surface area (Å²) in [7, 11) is 3.09. The first-order valence-electron chi connectivity index (χ1n) is 8.08. The van der Waals surface area contributed by atoms with E-state index in [1.54, 1.807) is 7.05 Å². The van der Waals surface area contributed by atoms with E-state index in [4.69, 9.17) is 4.74 Å². The molecule has 0 aromatic heterocycles. The monoisotopic (exact) mass is 326 g/mol. The van der Waals surface area contributed by atoms with Crippen molar-refractivity contribution >= 4 is 17.8 Å². The number of carbonyl (C=O) groups is 2. The molecule has 130 valence electrons. The predicted molar refractivity (Wildman–Crippen MR) is 85.1 cm³/mol. The van der Waals surface area contributed by atoms with Crippen molar-refractivity contribution in [1.82, 2.24) is 15.1 Å². The predicted octanol–water partition coefficient (Wildman–Crippen LogP) is -0.552. The molecule has 1 unspecified atom stereocenters. The van der Waals surface area contributed by atoms with Crippen LogP contribution in [0.5, 0.6) is 0 Å². The number of carbonyl (C=O) groups excluding carboxylic acids is 2. The minimum Gasteiger partial charge on any atom is -0.469 e. The second-order valence-corrected chi connectivity index (χ2v) is 5.61. The Morgan fingerprint density at radius 1 is 1.26 bits per heavy atom. The summed E-state index contributed by atoms with van der Waals surface area (Å²) in [4.78, 5) is 31.6. The van der Waals surface area contributed by atoms with Crippen LogP contribution in [0.25, 0.3) is 0 Å². The summed E-state index contributed by atoms with van der Waals surface area (Å²) in [6.07, 6.45) is 1.84. The van der Waals surface area contributed by atoms with Crippen LogP contribution in [-0.2, 0) is 19.1 Å². The number of nitrogens with one attached hydrogen (secondary N) is 1. The number of hydrogen-bond donors (Lipinski definition) is 1. The molecule has 0 aromatic carbocycles. The number of nitrogens with zero attached hydrogens (tertiary/aromatic N) is 3. The number of hydrogen-bond acceptors (Lipinski definition) is 5. The Bertz CT molecular complexity index is 441. The van der Waals surface area contributed by atoms with Gasteiger partial charge in [0.2, 0.25) is 0 Å². The number of piperazine rings is 1. The van der Waals surface area contributed by atoms with Crippen molar-refractivity contribution in [3.63, 3.8) is 0 Å². The Labute approximate surface area is 136 Å². The molecule has 23 heavy (non-hydrogen) atoms. The van der Waals surface area contributed by atoms with E-state index in [0.29, 0.717) is 32.7 Å². The number of aliphatic imine (C=N–C) groups is 1. The molecule has 0 saturated carbocycles. The molecule has 2 aliphatic rings. The zero-order chi connectivity index (χ0) is 16.7. The van der Waals surface area contributed by atoms with E-state index >= 15 is 0 Å². The molecule has 2 fully saturated rings. The molecule has 2 aliphatic heterocycles. The van der Waals surface area contributed by atoms with Gasteiger partial charge in [-0.05, 0) is 12.8 Å². The summed E-state index contributed by atoms with van der Waals surface area (Å²) < 4.78 is 10.1. The quantitative estimate of drug-likeness (QED) is 0.424. The van der Waals surface area contributed by atoms with Gasteiger partial charge in [0, 0.05) is 46.4 Å². The average Bonchev–Trinajstić information content (AvgIpc) is 3.12. The lowest BCUT2D eigenvalue weighted by Gasteiger charge is -2.37. The smallest absolute Gasteiger partial charge is 0.307 e. The van der Waals surface area contributed by atoms with E-state index in [2.05, 4.69) is 19.9 Å². The van der Waals surface area contributed by atoms with Crippen molar-refractivity contribution in [1.29, 1.82) is 0 Å². The second-order valence-electron chi connectivity index (χ2n) is 5.61. The fourth-order valence-electron chi connectivity index (χ4n) is 2.83. The van der Waals surface area contributed by atoms with Gasteiger partial charge in [-0.1, -0.05) is 0 Å². The van der Waals surface area contributed by atoms with Gasteiger partial charge in [-0.15, -0.1) is 0 Å². The van der Waals surface area contributed by atoms with Crippen molar-refractivity contribution < 1.29 is 19.1 Å². The van der Waals surface area contributed by atoms with Crippen molar-refractivity contribution in [2.24, 2.45) is 4.99 Å². The summed E-state index contributed by atoms with van der Waals surface area (Å²) in [5.41, 5.74) is 0. The minimum atomic E-state index is -0.251. The molecule has 2 saturated heterocycles. The van der Waals surface area contributed by atoms with E-state index in [9.17, 15) is 9.59 Å². The first kappa shape index (κ1) is 17.5. The first-order valence-corrected chi connectivity index (χ1v) is 8.08. The van der Waals surface area contributed by atoms with E-state index in [1.807, 2.05) is 4.90 Å². The molecule has 2 heterocycles. The van der Waals surface area contributed by atoms with Gasteiger partial charge in [0.15, 0.2) is 5.96 Å². The Balaban J connectivity index is 1.75. The molecule has 0 aliphatic carbocycles. The topological polar surface area (TPSA) is 83.5 Å². The maximum atomic E-state index is 12.3. The number of methoxy groups -OCH3 is 1. The number of guanidine groups is 1. The zero-order valence-corrected chi connectivity index (χ0v) is 13.9. The van der Waals surface area contributed by atoms with Gasteiger partial charge in [0.05, 0.1) is 13.5 Å². The highest BCUT2D eigenvalue weighted by atomic mass is 16.5. The van der Waals surface area contributed by atoms with Crippen molar-refractivity contribution in [2.45, 2.75) is 25.4 Å². The van der Waals surface area contributed by atoms with Crippen LogP contribution < -0.4 is 5.32 Å². The van der Waals surface area contributed by atoms with Crippen LogP contribution in [0.2, 0.25) is 0 Å². The molecule has 1 amide bonds. The summed E-state index contributed by atoms with van der Waals surface area (Å²) in [6.45, 7) is 3.93.